The maximum atomic E-state index is 13.6. The van der Waals surface area contributed by atoms with Crippen molar-refractivity contribution in [1.82, 2.24) is 24.6 Å². The van der Waals surface area contributed by atoms with Gasteiger partial charge in [0.05, 0.1) is 18.5 Å². The molecule has 0 aliphatic carbocycles. The van der Waals surface area contributed by atoms with E-state index < -0.39 is 0 Å². The van der Waals surface area contributed by atoms with Crippen molar-refractivity contribution in [2.75, 3.05) is 6.61 Å². The third-order valence-corrected chi connectivity index (χ3v) is 6.16. The Morgan fingerprint density at radius 3 is 2.87 bits per heavy atom. The number of carbonyl (C=O) groups excluding carboxylic acids is 1. The van der Waals surface area contributed by atoms with E-state index in [1.807, 2.05) is 55.3 Å². The highest BCUT2D eigenvalue weighted by Gasteiger charge is 2.49. The van der Waals surface area contributed by atoms with E-state index in [1.165, 1.54) is 0 Å². The zero-order valence-electron chi connectivity index (χ0n) is 17.2. The zero-order chi connectivity index (χ0) is 20.7. The van der Waals surface area contributed by atoms with Crippen molar-refractivity contribution in [2.24, 2.45) is 5.92 Å². The average Bonchev–Trinajstić information content (AvgIpc) is 3.47. The Morgan fingerprint density at radius 2 is 2.10 bits per heavy atom. The Morgan fingerprint density at radius 1 is 1.20 bits per heavy atom. The summed E-state index contributed by atoms with van der Waals surface area (Å²) in [6, 6.07) is 9.94. The lowest BCUT2D eigenvalue weighted by atomic mass is 9.90. The van der Waals surface area contributed by atoms with E-state index in [1.54, 1.807) is 17.1 Å². The van der Waals surface area contributed by atoms with E-state index in [4.69, 9.17) is 4.74 Å². The van der Waals surface area contributed by atoms with Crippen molar-refractivity contribution in [2.45, 2.75) is 45.2 Å². The Labute approximate surface area is 175 Å². The van der Waals surface area contributed by atoms with Crippen molar-refractivity contribution in [3.63, 3.8) is 0 Å². The second kappa shape index (κ2) is 7.55. The molecular formula is C23H25N5O2. The number of nitrogens with zero attached hydrogens (tertiary/aromatic N) is 5. The first-order valence-corrected chi connectivity index (χ1v) is 10.5. The molecule has 7 nitrogen and oxygen atoms in total. The van der Waals surface area contributed by atoms with Gasteiger partial charge < -0.3 is 9.64 Å². The Bertz CT molecular complexity index is 1060. The standard InChI is InChI=1S/C23H25N5O2/c1-15-12-25-27(13-15)20-8-6-16(2)26-22(20)23(29)28-18-7-9-19(28)17(11-18)14-30-21-5-3-4-10-24-21/h3-6,8,10,12-13,17-19H,7,9,11,14H2,1-2H3. The summed E-state index contributed by atoms with van der Waals surface area (Å²) in [5, 5.41) is 4.40. The molecule has 0 saturated carbocycles. The molecule has 0 N–H and O–H groups in total. The van der Waals surface area contributed by atoms with Crippen LogP contribution in [0.3, 0.4) is 0 Å². The molecule has 5 heterocycles. The SMILES string of the molecule is Cc1cnn(-c2ccc(C)nc2C(=O)N2C3CCC2C(COc2ccccn2)C3)c1. The molecule has 2 fully saturated rings. The number of amides is 1. The van der Waals surface area contributed by atoms with Gasteiger partial charge in [0, 0.05) is 42.2 Å². The van der Waals surface area contributed by atoms with E-state index in [2.05, 4.69) is 15.1 Å². The number of aryl methyl sites for hydroxylation is 2. The van der Waals surface area contributed by atoms with Gasteiger partial charge in [-0.1, -0.05) is 6.07 Å². The van der Waals surface area contributed by atoms with Gasteiger partial charge in [-0.25, -0.2) is 14.6 Å². The fourth-order valence-corrected chi connectivity index (χ4v) is 4.79. The van der Waals surface area contributed by atoms with E-state index in [9.17, 15) is 4.79 Å². The smallest absolute Gasteiger partial charge is 0.275 e. The van der Waals surface area contributed by atoms with Crippen LogP contribution < -0.4 is 4.74 Å². The second-order valence-corrected chi connectivity index (χ2v) is 8.27. The molecular weight excluding hydrogens is 378 g/mol. The van der Waals surface area contributed by atoms with E-state index in [-0.39, 0.29) is 18.0 Å². The van der Waals surface area contributed by atoms with Crippen LogP contribution in [0.25, 0.3) is 5.69 Å². The number of carbonyl (C=O) groups is 1. The quantitative estimate of drug-likeness (QED) is 0.653. The molecule has 30 heavy (non-hydrogen) atoms. The molecule has 0 radical (unpaired) electrons. The predicted molar refractivity (Wildman–Crippen MR) is 112 cm³/mol. The van der Waals surface area contributed by atoms with Crippen molar-refractivity contribution >= 4 is 5.91 Å². The van der Waals surface area contributed by atoms with Gasteiger partial charge in [-0.3, -0.25) is 4.79 Å². The van der Waals surface area contributed by atoms with Gasteiger partial charge in [0.25, 0.3) is 5.91 Å². The number of fused-ring (bicyclic) bond motifs is 2. The van der Waals surface area contributed by atoms with E-state index >= 15 is 0 Å². The number of rotatable bonds is 5. The predicted octanol–water partition coefficient (Wildman–Crippen LogP) is 3.35. The van der Waals surface area contributed by atoms with Crippen molar-refractivity contribution in [3.05, 3.63) is 65.9 Å². The summed E-state index contributed by atoms with van der Waals surface area (Å²) in [6.07, 6.45) is 8.45. The van der Waals surface area contributed by atoms with Gasteiger partial charge in [0.15, 0.2) is 5.69 Å². The highest BCUT2D eigenvalue weighted by atomic mass is 16.5. The van der Waals surface area contributed by atoms with Crippen LogP contribution in [0.5, 0.6) is 5.88 Å². The second-order valence-electron chi connectivity index (χ2n) is 8.27. The number of hydrogen-bond acceptors (Lipinski definition) is 5. The summed E-state index contributed by atoms with van der Waals surface area (Å²) in [7, 11) is 0. The highest BCUT2D eigenvalue weighted by molar-refractivity contribution is 5.96. The molecule has 7 heteroatoms. The lowest BCUT2D eigenvalue weighted by molar-refractivity contribution is 0.0703. The van der Waals surface area contributed by atoms with Crippen LogP contribution in [0.15, 0.2) is 48.9 Å². The van der Waals surface area contributed by atoms with Gasteiger partial charge in [0.2, 0.25) is 5.88 Å². The molecule has 2 saturated heterocycles. The summed E-state index contributed by atoms with van der Waals surface area (Å²) in [6.45, 7) is 4.48. The topological polar surface area (TPSA) is 73.1 Å². The van der Waals surface area contributed by atoms with Crippen LogP contribution in [-0.4, -0.2) is 49.2 Å². The Hall–Kier alpha value is -3.22. The number of aromatic nitrogens is 4. The van der Waals surface area contributed by atoms with Crippen LogP contribution in [0, 0.1) is 19.8 Å². The van der Waals surface area contributed by atoms with Gasteiger partial charge in [-0.15, -0.1) is 0 Å². The van der Waals surface area contributed by atoms with Crippen molar-refractivity contribution in [3.8, 4) is 11.6 Å². The normalized spacial score (nSPS) is 22.5. The number of ether oxygens (including phenoxy) is 1. The molecule has 3 aromatic rings. The van der Waals surface area contributed by atoms with Crippen LogP contribution in [0.2, 0.25) is 0 Å². The summed E-state index contributed by atoms with van der Waals surface area (Å²) in [5.41, 5.74) is 3.07. The molecule has 3 atom stereocenters. The fraction of sp³-hybridized carbons (Fsp3) is 0.391. The monoisotopic (exact) mass is 403 g/mol. The molecule has 5 rings (SSSR count). The van der Waals surface area contributed by atoms with Crippen LogP contribution >= 0.6 is 0 Å². The van der Waals surface area contributed by atoms with E-state index in [0.717, 1.165) is 36.2 Å². The first kappa shape index (κ1) is 18.8. The molecule has 2 aliphatic heterocycles. The van der Waals surface area contributed by atoms with Crippen molar-refractivity contribution < 1.29 is 9.53 Å². The number of pyridine rings is 2. The summed E-state index contributed by atoms with van der Waals surface area (Å²) in [5.74, 6) is 0.944. The third kappa shape index (κ3) is 3.34. The Kier molecular flexibility index (Phi) is 4.73. The molecule has 0 spiro atoms. The molecule has 1 amide bonds. The minimum absolute atomic E-state index is 0.00492. The van der Waals surface area contributed by atoms with Crippen LogP contribution in [0.4, 0.5) is 0 Å². The van der Waals surface area contributed by atoms with Gasteiger partial charge in [0.1, 0.15) is 0 Å². The molecule has 3 unspecified atom stereocenters. The molecule has 154 valence electrons. The minimum Gasteiger partial charge on any atom is -0.477 e. The fourth-order valence-electron chi connectivity index (χ4n) is 4.79. The highest BCUT2D eigenvalue weighted by Crippen LogP contribution is 2.42. The average molecular weight is 403 g/mol. The Balaban J connectivity index is 1.39. The first-order chi connectivity index (χ1) is 14.6. The lowest BCUT2D eigenvalue weighted by Gasteiger charge is -2.25. The molecule has 2 bridgehead atoms. The summed E-state index contributed by atoms with van der Waals surface area (Å²) >= 11 is 0. The first-order valence-electron chi connectivity index (χ1n) is 10.5. The maximum absolute atomic E-state index is 13.6. The molecule has 0 aromatic carbocycles. The van der Waals surface area contributed by atoms with E-state index in [0.29, 0.717) is 24.1 Å². The van der Waals surface area contributed by atoms with Crippen LogP contribution in [0.1, 0.15) is 41.0 Å². The van der Waals surface area contributed by atoms with Gasteiger partial charge in [-0.05, 0) is 56.9 Å². The molecule has 3 aromatic heterocycles. The van der Waals surface area contributed by atoms with Crippen molar-refractivity contribution in [1.29, 1.82) is 0 Å². The third-order valence-electron chi connectivity index (χ3n) is 6.16. The van der Waals surface area contributed by atoms with Gasteiger partial charge in [-0.2, -0.15) is 5.10 Å². The number of hydrogen-bond donors (Lipinski definition) is 0. The largest absolute Gasteiger partial charge is 0.477 e. The summed E-state index contributed by atoms with van der Waals surface area (Å²) in [4.78, 5) is 24.6. The maximum Gasteiger partial charge on any atom is 0.275 e. The summed E-state index contributed by atoms with van der Waals surface area (Å²) < 4.78 is 7.66. The van der Waals surface area contributed by atoms with Gasteiger partial charge >= 0.3 is 0 Å². The van der Waals surface area contributed by atoms with Crippen LogP contribution in [-0.2, 0) is 0 Å². The lowest BCUT2D eigenvalue weighted by Crippen LogP contribution is -2.38. The zero-order valence-corrected chi connectivity index (χ0v) is 17.2. The molecule has 2 aliphatic rings. The minimum atomic E-state index is -0.00492.